The highest BCUT2D eigenvalue weighted by molar-refractivity contribution is 8.00. The van der Waals surface area contributed by atoms with Crippen LogP contribution in [0.1, 0.15) is 37.2 Å². The van der Waals surface area contributed by atoms with Gasteiger partial charge in [0, 0.05) is 12.1 Å². The minimum Gasteiger partial charge on any atom is -0.465 e. The van der Waals surface area contributed by atoms with Gasteiger partial charge in [-0.3, -0.25) is 9.59 Å². The summed E-state index contributed by atoms with van der Waals surface area (Å²) in [6.07, 6.45) is 0. The number of halogens is 1. The van der Waals surface area contributed by atoms with Gasteiger partial charge in [-0.1, -0.05) is 54.1 Å². The largest absolute Gasteiger partial charge is 0.465 e. The molecule has 1 aliphatic rings. The molecule has 168 valence electrons. The Morgan fingerprint density at radius 1 is 1.06 bits per heavy atom. The number of esters is 1. The van der Waals surface area contributed by atoms with Crippen molar-refractivity contribution >= 4 is 46.8 Å². The Labute approximate surface area is 200 Å². The second-order valence-electron chi connectivity index (χ2n) is 7.43. The fourth-order valence-electron chi connectivity index (χ4n) is 3.54. The smallest absolute Gasteiger partial charge is 0.337 e. The molecule has 3 aromatic rings. The standard InChI is InChI=1S/C25H21ClN2O4S/c1-32-25(31)19-11-12-20(26)21(13-19)27-23(30)17-7-9-18(10-8-17)24-28(22(29)15-33-24)14-16-5-3-2-4-6-16/h2-13,24H,14-15H2,1H3,(H,27,30)/t24-/m1/s1. The zero-order chi connectivity index (χ0) is 23.4. The van der Waals surface area contributed by atoms with E-state index in [-0.39, 0.29) is 22.8 Å². The number of hydrogen-bond acceptors (Lipinski definition) is 5. The fourth-order valence-corrected chi connectivity index (χ4v) is 4.89. The second kappa shape index (κ2) is 10.1. The molecule has 1 N–H and O–H groups in total. The van der Waals surface area contributed by atoms with E-state index in [4.69, 9.17) is 16.3 Å². The summed E-state index contributed by atoms with van der Waals surface area (Å²) >= 11 is 7.75. The van der Waals surface area contributed by atoms with E-state index in [0.29, 0.717) is 28.6 Å². The molecule has 0 aliphatic carbocycles. The number of nitrogens with one attached hydrogen (secondary N) is 1. The van der Waals surface area contributed by atoms with E-state index in [9.17, 15) is 14.4 Å². The topological polar surface area (TPSA) is 75.7 Å². The van der Waals surface area contributed by atoms with Gasteiger partial charge in [-0.05, 0) is 41.5 Å². The number of amides is 2. The Kier molecular flexibility index (Phi) is 7.01. The minimum absolute atomic E-state index is 0.0933. The first-order valence-electron chi connectivity index (χ1n) is 10.2. The number of ether oxygens (including phenoxy) is 1. The third-order valence-electron chi connectivity index (χ3n) is 5.26. The van der Waals surface area contributed by atoms with E-state index < -0.39 is 5.97 Å². The quantitative estimate of drug-likeness (QED) is 0.493. The average Bonchev–Trinajstić information content (AvgIpc) is 3.20. The molecule has 0 spiro atoms. The van der Waals surface area contributed by atoms with Gasteiger partial charge in [-0.15, -0.1) is 11.8 Å². The van der Waals surface area contributed by atoms with E-state index >= 15 is 0 Å². The number of rotatable bonds is 6. The minimum atomic E-state index is -0.518. The molecule has 1 fully saturated rings. The normalized spacial score (nSPS) is 15.4. The molecular formula is C25H21ClN2O4S. The van der Waals surface area contributed by atoms with E-state index in [1.165, 1.54) is 25.3 Å². The molecule has 0 bridgehead atoms. The van der Waals surface area contributed by atoms with Gasteiger partial charge in [0.25, 0.3) is 5.91 Å². The van der Waals surface area contributed by atoms with E-state index in [1.54, 1.807) is 23.9 Å². The summed E-state index contributed by atoms with van der Waals surface area (Å²) < 4.78 is 4.71. The number of thioether (sulfide) groups is 1. The Bertz CT molecular complexity index is 1180. The van der Waals surface area contributed by atoms with Gasteiger partial charge in [-0.25, -0.2) is 4.79 Å². The van der Waals surface area contributed by atoms with Crippen LogP contribution in [0.15, 0.2) is 72.8 Å². The van der Waals surface area contributed by atoms with Crippen molar-refractivity contribution in [1.29, 1.82) is 0 Å². The molecule has 4 rings (SSSR count). The van der Waals surface area contributed by atoms with Gasteiger partial charge in [0.05, 0.1) is 29.1 Å². The van der Waals surface area contributed by atoms with Crippen LogP contribution in [0.25, 0.3) is 0 Å². The van der Waals surface area contributed by atoms with Crippen molar-refractivity contribution in [1.82, 2.24) is 4.90 Å². The number of benzene rings is 3. The predicted octanol–water partition coefficient (Wildman–Crippen LogP) is 5.15. The van der Waals surface area contributed by atoms with Crippen LogP contribution in [0.5, 0.6) is 0 Å². The lowest BCUT2D eigenvalue weighted by Crippen LogP contribution is -2.27. The van der Waals surface area contributed by atoms with Crippen molar-refractivity contribution in [3.05, 3.63) is 100 Å². The van der Waals surface area contributed by atoms with Crippen LogP contribution < -0.4 is 5.32 Å². The molecule has 0 radical (unpaired) electrons. The summed E-state index contributed by atoms with van der Waals surface area (Å²) in [6.45, 7) is 0.536. The number of carbonyl (C=O) groups excluding carboxylic acids is 3. The molecule has 1 saturated heterocycles. The number of hydrogen-bond donors (Lipinski definition) is 1. The van der Waals surface area contributed by atoms with Gasteiger partial charge in [-0.2, -0.15) is 0 Å². The molecule has 0 unspecified atom stereocenters. The molecule has 1 atom stereocenters. The zero-order valence-electron chi connectivity index (χ0n) is 17.8. The number of anilines is 1. The van der Waals surface area contributed by atoms with Crippen LogP contribution in [-0.2, 0) is 16.1 Å². The first-order valence-corrected chi connectivity index (χ1v) is 11.6. The average molecular weight is 481 g/mol. The second-order valence-corrected chi connectivity index (χ2v) is 8.91. The number of nitrogens with zero attached hydrogens (tertiary/aromatic N) is 1. The summed E-state index contributed by atoms with van der Waals surface area (Å²) in [6, 6.07) is 21.5. The van der Waals surface area contributed by atoms with Gasteiger partial charge >= 0.3 is 5.97 Å². The van der Waals surface area contributed by atoms with Crippen molar-refractivity contribution < 1.29 is 19.1 Å². The van der Waals surface area contributed by atoms with Gasteiger partial charge in [0.2, 0.25) is 5.91 Å². The predicted molar refractivity (Wildman–Crippen MR) is 129 cm³/mol. The lowest BCUT2D eigenvalue weighted by Gasteiger charge is -2.24. The van der Waals surface area contributed by atoms with Gasteiger partial charge in [0.15, 0.2) is 0 Å². The molecule has 1 heterocycles. The number of carbonyl (C=O) groups is 3. The third kappa shape index (κ3) is 5.21. The van der Waals surface area contributed by atoms with Crippen molar-refractivity contribution in [2.45, 2.75) is 11.9 Å². The molecule has 6 nitrogen and oxygen atoms in total. The van der Waals surface area contributed by atoms with Crippen LogP contribution >= 0.6 is 23.4 Å². The summed E-state index contributed by atoms with van der Waals surface area (Å²) in [5, 5.41) is 2.94. The molecule has 2 amide bonds. The summed E-state index contributed by atoms with van der Waals surface area (Å²) in [4.78, 5) is 38.8. The molecule has 0 saturated carbocycles. The highest BCUT2D eigenvalue weighted by atomic mass is 35.5. The van der Waals surface area contributed by atoms with Crippen LogP contribution in [0.3, 0.4) is 0 Å². The maximum absolute atomic E-state index is 12.8. The lowest BCUT2D eigenvalue weighted by molar-refractivity contribution is -0.128. The monoisotopic (exact) mass is 480 g/mol. The summed E-state index contributed by atoms with van der Waals surface area (Å²) in [7, 11) is 1.29. The van der Waals surface area contributed by atoms with E-state index in [2.05, 4.69) is 5.32 Å². The van der Waals surface area contributed by atoms with Crippen molar-refractivity contribution in [3.63, 3.8) is 0 Å². The molecule has 1 aliphatic heterocycles. The maximum Gasteiger partial charge on any atom is 0.337 e. The highest BCUT2D eigenvalue weighted by Gasteiger charge is 2.32. The molecular weight excluding hydrogens is 460 g/mol. The van der Waals surface area contributed by atoms with Gasteiger partial charge in [0.1, 0.15) is 5.37 Å². The first kappa shape index (κ1) is 22.9. The van der Waals surface area contributed by atoms with Crippen LogP contribution in [-0.4, -0.2) is 35.5 Å². The molecule has 33 heavy (non-hydrogen) atoms. The van der Waals surface area contributed by atoms with E-state index in [0.717, 1.165) is 11.1 Å². The van der Waals surface area contributed by atoms with Crippen LogP contribution in [0, 0.1) is 0 Å². The fraction of sp³-hybridized carbons (Fsp3) is 0.160. The van der Waals surface area contributed by atoms with Gasteiger partial charge < -0.3 is 15.0 Å². The summed E-state index contributed by atoms with van der Waals surface area (Å²) in [5.41, 5.74) is 3.06. The molecule has 0 aromatic heterocycles. The summed E-state index contributed by atoms with van der Waals surface area (Å²) in [5.74, 6) is -0.359. The molecule has 3 aromatic carbocycles. The zero-order valence-corrected chi connectivity index (χ0v) is 19.4. The Morgan fingerprint density at radius 3 is 2.45 bits per heavy atom. The number of methoxy groups -OCH3 is 1. The Hall–Kier alpha value is -3.29. The van der Waals surface area contributed by atoms with Crippen molar-refractivity contribution in [2.24, 2.45) is 0 Å². The van der Waals surface area contributed by atoms with E-state index in [1.807, 2.05) is 47.4 Å². The van der Waals surface area contributed by atoms with Crippen LogP contribution in [0.2, 0.25) is 5.02 Å². The first-order chi connectivity index (χ1) is 16.0. The Morgan fingerprint density at radius 2 is 1.76 bits per heavy atom. The SMILES string of the molecule is COC(=O)c1ccc(Cl)c(NC(=O)c2ccc([C@H]3SCC(=O)N3Cc3ccccc3)cc2)c1. The molecule has 8 heteroatoms. The van der Waals surface area contributed by atoms with Crippen molar-refractivity contribution in [3.8, 4) is 0 Å². The third-order valence-corrected chi connectivity index (χ3v) is 6.84. The highest BCUT2D eigenvalue weighted by Crippen LogP contribution is 2.39. The Balaban J connectivity index is 1.48. The van der Waals surface area contributed by atoms with Crippen molar-refractivity contribution in [2.75, 3.05) is 18.2 Å². The maximum atomic E-state index is 12.8. The lowest BCUT2D eigenvalue weighted by atomic mass is 10.1. The van der Waals surface area contributed by atoms with Crippen LogP contribution in [0.4, 0.5) is 5.69 Å².